The largest absolute Gasteiger partial charge is 0.390 e. The van der Waals surface area contributed by atoms with Gasteiger partial charge in [0.15, 0.2) is 0 Å². The molecule has 3 aliphatic rings. The molecule has 23 heavy (non-hydrogen) atoms. The standard InChI is InChI=1S/C16H29NO6/c1-17(2)7-16(23)13-8(3-11(19)14(16)21)5-15(22)6-12(20)10(18)4-9(13)15/h8-14,18-23H,3-7H2,1-2H3/t8?,9?,10?,11?,12?,13?,14?,15?,16-/m0/s1. The molecule has 6 N–H and O–H groups in total. The van der Waals surface area contributed by atoms with Gasteiger partial charge in [-0.1, -0.05) is 0 Å². The van der Waals surface area contributed by atoms with Gasteiger partial charge in [0.1, 0.15) is 11.7 Å². The number of aliphatic hydroxyl groups is 6. The second kappa shape index (κ2) is 5.62. The third-order valence-corrected chi connectivity index (χ3v) is 6.32. The fourth-order valence-electron chi connectivity index (χ4n) is 5.57. The highest BCUT2D eigenvalue weighted by atomic mass is 16.4. The Morgan fingerprint density at radius 1 is 0.913 bits per heavy atom. The molecule has 0 radical (unpaired) electrons. The first kappa shape index (κ1) is 17.5. The van der Waals surface area contributed by atoms with Crippen LogP contribution in [0, 0.1) is 17.8 Å². The molecule has 3 rings (SSSR count). The van der Waals surface area contributed by atoms with E-state index in [1.54, 1.807) is 19.0 Å². The summed E-state index contributed by atoms with van der Waals surface area (Å²) in [7, 11) is 3.56. The lowest BCUT2D eigenvalue weighted by atomic mass is 9.62. The Bertz CT molecular complexity index is 462. The highest BCUT2D eigenvalue weighted by Gasteiger charge is 2.66. The number of hydrogen-bond donors (Lipinski definition) is 6. The zero-order valence-corrected chi connectivity index (χ0v) is 13.7. The Kier molecular flexibility index (Phi) is 4.29. The minimum absolute atomic E-state index is 0.0655. The molecular formula is C16H29NO6. The molecule has 134 valence electrons. The van der Waals surface area contributed by atoms with Crippen LogP contribution in [0.3, 0.4) is 0 Å². The van der Waals surface area contributed by atoms with E-state index in [2.05, 4.69) is 0 Å². The van der Waals surface area contributed by atoms with Crippen LogP contribution < -0.4 is 0 Å². The van der Waals surface area contributed by atoms with E-state index in [-0.39, 0.29) is 25.3 Å². The van der Waals surface area contributed by atoms with E-state index >= 15 is 0 Å². The van der Waals surface area contributed by atoms with Crippen LogP contribution in [0.25, 0.3) is 0 Å². The van der Waals surface area contributed by atoms with E-state index in [1.165, 1.54) is 0 Å². The zero-order valence-electron chi connectivity index (χ0n) is 13.7. The van der Waals surface area contributed by atoms with E-state index in [0.29, 0.717) is 12.8 Å². The van der Waals surface area contributed by atoms with E-state index in [4.69, 9.17) is 0 Å². The molecule has 0 bridgehead atoms. The highest BCUT2D eigenvalue weighted by molar-refractivity contribution is 5.17. The van der Waals surface area contributed by atoms with Crippen molar-refractivity contribution in [2.24, 2.45) is 17.8 Å². The maximum atomic E-state index is 11.2. The molecule has 0 saturated heterocycles. The lowest BCUT2D eigenvalue weighted by molar-refractivity contribution is -0.216. The second-order valence-corrected chi connectivity index (χ2v) is 8.25. The molecule has 3 fully saturated rings. The smallest absolute Gasteiger partial charge is 0.110 e. The molecule has 0 aliphatic heterocycles. The highest BCUT2D eigenvalue weighted by Crippen LogP contribution is 2.59. The maximum Gasteiger partial charge on any atom is 0.110 e. The van der Waals surface area contributed by atoms with Crippen molar-refractivity contribution in [3.05, 3.63) is 0 Å². The van der Waals surface area contributed by atoms with Crippen molar-refractivity contribution in [2.75, 3.05) is 20.6 Å². The minimum atomic E-state index is -1.55. The topological polar surface area (TPSA) is 125 Å². The summed E-state index contributed by atoms with van der Waals surface area (Å²) >= 11 is 0. The first-order valence-corrected chi connectivity index (χ1v) is 8.40. The van der Waals surface area contributed by atoms with Crippen LogP contribution in [0.5, 0.6) is 0 Å². The minimum Gasteiger partial charge on any atom is -0.390 e. The first-order valence-electron chi connectivity index (χ1n) is 8.40. The summed E-state index contributed by atoms with van der Waals surface area (Å²) in [5.74, 6) is -0.973. The SMILES string of the molecule is CN(C)C[C@@]1(O)C(O)C(O)CC2CC3(O)CC(O)C(O)CC3C21. The van der Waals surface area contributed by atoms with Crippen LogP contribution in [-0.2, 0) is 0 Å². The molecule has 0 aromatic carbocycles. The monoisotopic (exact) mass is 331 g/mol. The summed E-state index contributed by atoms with van der Waals surface area (Å²) < 4.78 is 0. The fraction of sp³-hybridized carbons (Fsp3) is 1.00. The fourth-order valence-corrected chi connectivity index (χ4v) is 5.57. The average Bonchev–Trinajstić information content (AvgIpc) is 2.68. The number of nitrogens with zero attached hydrogens (tertiary/aromatic N) is 1. The van der Waals surface area contributed by atoms with E-state index < -0.39 is 47.5 Å². The van der Waals surface area contributed by atoms with Crippen molar-refractivity contribution < 1.29 is 30.6 Å². The Hall–Kier alpha value is -0.280. The molecule has 0 heterocycles. The number of likely N-dealkylation sites (N-methyl/N-ethyl adjacent to an activating group) is 1. The molecule has 0 aromatic heterocycles. The predicted octanol–water partition coefficient (Wildman–Crippen LogP) is -2.10. The van der Waals surface area contributed by atoms with Crippen molar-refractivity contribution in [3.63, 3.8) is 0 Å². The molecule has 7 heteroatoms. The van der Waals surface area contributed by atoms with Crippen LogP contribution in [0.1, 0.15) is 25.7 Å². The van der Waals surface area contributed by atoms with Gasteiger partial charge >= 0.3 is 0 Å². The van der Waals surface area contributed by atoms with Crippen LogP contribution in [0.15, 0.2) is 0 Å². The van der Waals surface area contributed by atoms with Gasteiger partial charge in [0, 0.05) is 18.9 Å². The summed E-state index contributed by atoms with van der Waals surface area (Å²) in [6.07, 6.45) is -3.32. The van der Waals surface area contributed by atoms with Gasteiger partial charge in [-0.3, -0.25) is 0 Å². The normalized spacial score (nSPS) is 56.5. The van der Waals surface area contributed by atoms with Gasteiger partial charge in [-0.25, -0.2) is 0 Å². The summed E-state index contributed by atoms with van der Waals surface area (Å²) in [5.41, 5.74) is -2.72. The van der Waals surface area contributed by atoms with Crippen molar-refractivity contribution in [1.82, 2.24) is 4.90 Å². The first-order chi connectivity index (χ1) is 10.6. The van der Waals surface area contributed by atoms with Gasteiger partial charge < -0.3 is 35.5 Å². The summed E-state index contributed by atoms with van der Waals surface area (Å²) in [4.78, 5) is 1.75. The lowest BCUT2D eigenvalue weighted by Crippen LogP contribution is -2.65. The molecular weight excluding hydrogens is 302 g/mol. The Balaban J connectivity index is 1.98. The van der Waals surface area contributed by atoms with Crippen molar-refractivity contribution in [3.8, 4) is 0 Å². The van der Waals surface area contributed by atoms with Gasteiger partial charge in [0.05, 0.1) is 23.9 Å². The van der Waals surface area contributed by atoms with Crippen LogP contribution in [-0.4, -0.2) is 91.8 Å². The molecule has 8 unspecified atom stereocenters. The average molecular weight is 331 g/mol. The zero-order chi connectivity index (χ0) is 17.2. The Labute approximate surface area is 136 Å². The molecule has 7 nitrogen and oxygen atoms in total. The quantitative estimate of drug-likeness (QED) is 0.342. The van der Waals surface area contributed by atoms with E-state index in [1.807, 2.05) is 0 Å². The van der Waals surface area contributed by atoms with Crippen LogP contribution >= 0.6 is 0 Å². The summed E-state index contributed by atoms with van der Waals surface area (Å²) in [6, 6.07) is 0. The second-order valence-electron chi connectivity index (χ2n) is 8.25. The van der Waals surface area contributed by atoms with Crippen LogP contribution in [0.4, 0.5) is 0 Å². The van der Waals surface area contributed by atoms with Crippen molar-refractivity contribution in [1.29, 1.82) is 0 Å². The van der Waals surface area contributed by atoms with Gasteiger partial charge in [-0.05, 0) is 45.2 Å². The van der Waals surface area contributed by atoms with Gasteiger partial charge in [0.2, 0.25) is 0 Å². The van der Waals surface area contributed by atoms with Crippen molar-refractivity contribution in [2.45, 2.75) is 61.3 Å². The van der Waals surface area contributed by atoms with Crippen molar-refractivity contribution >= 4 is 0 Å². The number of fused-ring (bicyclic) bond motifs is 3. The van der Waals surface area contributed by atoms with E-state index in [0.717, 1.165) is 0 Å². The molecule has 9 atom stereocenters. The molecule has 0 amide bonds. The molecule has 3 aliphatic carbocycles. The molecule has 0 spiro atoms. The maximum absolute atomic E-state index is 11.2. The molecule has 0 aromatic rings. The Morgan fingerprint density at radius 2 is 1.57 bits per heavy atom. The molecule has 3 saturated carbocycles. The van der Waals surface area contributed by atoms with E-state index in [9.17, 15) is 30.6 Å². The number of rotatable bonds is 2. The van der Waals surface area contributed by atoms with Gasteiger partial charge in [0.25, 0.3) is 0 Å². The summed E-state index contributed by atoms with van der Waals surface area (Å²) in [5, 5.41) is 62.9. The number of hydrogen-bond acceptors (Lipinski definition) is 7. The van der Waals surface area contributed by atoms with Gasteiger partial charge in [-0.2, -0.15) is 0 Å². The number of aliphatic hydroxyl groups excluding tert-OH is 4. The predicted molar refractivity (Wildman–Crippen MR) is 81.4 cm³/mol. The van der Waals surface area contributed by atoms with Crippen LogP contribution in [0.2, 0.25) is 0 Å². The third-order valence-electron chi connectivity index (χ3n) is 6.32. The third kappa shape index (κ3) is 2.63. The Morgan fingerprint density at radius 3 is 2.17 bits per heavy atom. The van der Waals surface area contributed by atoms with Gasteiger partial charge in [-0.15, -0.1) is 0 Å². The summed E-state index contributed by atoms with van der Waals surface area (Å²) in [6.45, 7) is 0.164. The lowest BCUT2D eigenvalue weighted by Gasteiger charge is -2.51.